The van der Waals surface area contributed by atoms with Gasteiger partial charge in [0.15, 0.2) is 0 Å². The summed E-state index contributed by atoms with van der Waals surface area (Å²) < 4.78 is 0. The van der Waals surface area contributed by atoms with Gasteiger partial charge in [0.1, 0.15) is 5.75 Å². The Bertz CT molecular complexity index is 566. The van der Waals surface area contributed by atoms with Gasteiger partial charge in [-0.05, 0) is 48.7 Å². The molecule has 0 spiro atoms. The molecule has 0 heterocycles. The summed E-state index contributed by atoms with van der Waals surface area (Å²) in [5.41, 5.74) is 4.76. The maximum absolute atomic E-state index is 9.35. The highest BCUT2D eigenvalue weighted by molar-refractivity contribution is 6.32. The molecular formula is C15H16ClNO. The summed E-state index contributed by atoms with van der Waals surface area (Å²) in [6.07, 6.45) is 0. The first kappa shape index (κ1) is 12.8. The largest absolute Gasteiger partial charge is 0.506 e. The fourth-order valence-electron chi connectivity index (χ4n) is 1.82. The van der Waals surface area contributed by atoms with Crippen LogP contribution in [0.2, 0.25) is 5.02 Å². The molecule has 0 atom stereocenters. The van der Waals surface area contributed by atoms with Crippen LogP contribution in [0.4, 0.5) is 5.69 Å². The number of aromatic hydroxyl groups is 1. The van der Waals surface area contributed by atoms with Crippen molar-refractivity contribution >= 4 is 17.3 Å². The van der Waals surface area contributed by atoms with Crippen LogP contribution >= 0.6 is 11.6 Å². The molecule has 0 amide bonds. The molecular weight excluding hydrogens is 246 g/mol. The Morgan fingerprint density at radius 2 is 1.94 bits per heavy atom. The minimum Gasteiger partial charge on any atom is -0.506 e. The number of rotatable bonds is 3. The summed E-state index contributed by atoms with van der Waals surface area (Å²) in [5.74, 6) is 0.106. The van der Waals surface area contributed by atoms with Crippen LogP contribution in [0.25, 0.3) is 0 Å². The molecule has 0 unspecified atom stereocenters. The topological polar surface area (TPSA) is 32.3 Å². The summed E-state index contributed by atoms with van der Waals surface area (Å²) in [7, 11) is 0. The normalized spacial score (nSPS) is 10.4. The second-order valence-electron chi connectivity index (χ2n) is 4.38. The van der Waals surface area contributed by atoms with E-state index in [4.69, 9.17) is 11.6 Å². The number of phenolic OH excluding ortho intramolecular Hbond substituents is 1. The quantitative estimate of drug-likeness (QED) is 0.809. The van der Waals surface area contributed by atoms with Gasteiger partial charge in [0.2, 0.25) is 0 Å². The van der Waals surface area contributed by atoms with Gasteiger partial charge < -0.3 is 10.4 Å². The van der Waals surface area contributed by atoms with Gasteiger partial charge in [-0.1, -0.05) is 29.8 Å². The van der Waals surface area contributed by atoms with Crippen LogP contribution in [0, 0.1) is 13.8 Å². The highest BCUT2D eigenvalue weighted by Gasteiger charge is 2.02. The number of benzene rings is 2. The van der Waals surface area contributed by atoms with Gasteiger partial charge >= 0.3 is 0 Å². The molecule has 0 aliphatic carbocycles. The van der Waals surface area contributed by atoms with E-state index >= 15 is 0 Å². The Morgan fingerprint density at radius 1 is 1.17 bits per heavy atom. The molecule has 2 aromatic rings. The zero-order chi connectivity index (χ0) is 13.1. The van der Waals surface area contributed by atoms with Gasteiger partial charge in [0.05, 0.1) is 5.02 Å². The van der Waals surface area contributed by atoms with E-state index in [1.165, 1.54) is 16.7 Å². The highest BCUT2D eigenvalue weighted by Crippen LogP contribution is 2.26. The second-order valence-corrected chi connectivity index (χ2v) is 4.79. The predicted molar refractivity (Wildman–Crippen MR) is 76.4 cm³/mol. The van der Waals surface area contributed by atoms with Crippen LogP contribution in [0.5, 0.6) is 5.75 Å². The number of phenols is 1. The first-order valence-electron chi connectivity index (χ1n) is 5.85. The number of anilines is 1. The standard InChI is InChI=1S/C15H16ClNO/c1-10-4-3-5-12(11(10)2)9-17-13-6-7-15(18)14(16)8-13/h3-8,17-18H,9H2,1-2H3. The first-order chi connectivity index (χ1) is 8.58. The molecule has 0 aliphatic rings. The van der Waals surface area contributed by atoms with E-state index in [1.807, 2.05) is 6.07 Å². The number of aryl methyl sites for hydroxylation is 1. The molecule has 2 aromatic carbocycles. The summed E-state index contributed by atoms with van der Waals surface area (Å²) in [5, 5.41) is 13.0. The molecule has 94 valence electrons. The summed E-state index contributed by atoms with van der Waals surface area (Å²) in [6, 6.07) is 11.4. The van der Waals surface area contributed by atoms with Crippen molar-refractivity contribution in [1.29, 1.82) is 0 Å². The van der Waals surface area contributed by atoms with E-state index in [-0.39, 0.29) is 5.75 Å². The van der Waals surface area contributed by atoms with E-state index in [2.05, 4.69) is 37.4 Å². The van der Waals surface area contributed by atoms with Crippen molar-refractivity contribution in [2.24, 2.45) is 0 Å². The van der Waals surface area contributed by atoms with E-state index in [0.717, 1.165) is 12.2 Å². The Morgan fingerprint density at radius 3 is 2.67 bits per heavy atom. The Balaban J connectivity index is 2.11. The third-order valence-electron chi connectivity index (χ3n) is 3.15. The van der Waals surface area contributed by atoms with Crippen molar-refractivity contribution < 1.29 is 5.11 Å². The Labute approximate surface area is 112 Å². The lowest BCUT2D eigenvalue weighted by Crippen LogP contribution is -2.02. The van der Waals surface area contributed by atoms with Crippen molar-refractivity contribution in [2.45, 2.75) is 20.4 Å². The predicted octanol–water partition coefficient (Wildman–Crippen LogP) is 4.27. The van der Waals surface area contributed by atoms with Crippen molar-refractivity contribution in [3.05, 3.63) is 58.1 Å². The number of hydrogen-bond donors (Lipinski definition) is 2. The van der Waals surface area contributed by atoms with Crippen LogP contribution in [-0.4, -0.2) is 5.11 Å². The second kappa shape index (κ2) is 5.32. The van der Waals surface area contributed by atoms with Gasteiger partial charge in [-0.2, -0.15) is 0 Å². The van der Waals surface area contributed by atoms with Crippen LogP contribution in [0.3, 0.4) is 0 Å². The van der Waals surface area contributed by atoms with Gasteiger partial charge in [-0.15, -0.1) is 0 Å². The maximum atomic E-state index is 9.35. The number of hydrogen-bond acceptors (Lipinski definition) is 2. The monoisotopic (exact) mass is 261 g/mol. The van der Waals surface area contributed by atoms with Crippen LogP contribution in [-0.2, 0) is 6.54 Å². The molecule has 0 fully saturated rings. The van der Waals surface area contributed by atoms with Crippen molar-refractivity contribution in [2.75, 3.05) is 5.32 Å². The molecule has 0 aliphatic heterocycles. The Kier molecular flexibility index (Phi) is 3.78. The third kappa shape index (κ3) is 2.77. The maximum Gasteiger partial charge on any atom is 0.134 e. The third-order valence-corrected chi connectivity index (χ3v) is 3.45. The number of nitrogens with one attached hydrogen (secondary N) is 1. The fraction of sp³-hybridized carbons (Fsp3) is 0.200. The van der Waals surface area contributed by atoms with Crippen molar-refractivity contribution in [1.82, 2.24) is 0 Å². The van der Waals surface area contributed by atoms with Crippen LogP contribution < -0.4 is 5.32 Å². The highest BCUT2D eigenvalue weighted by atomic mass is 35.5. The number of halogens is 1. The van der Waals surface area contributed by atoms with Gasteiger partial charge in [-0.3, -0.25) is 0 Å². The summed E-state index contributed by atoms with van der Waals surface area (Å²) >= 11 is 5.86. The summed E-state index contributed by atoms with van der Waals surface area (Å²) in [6.45, 7) is 4.97. The molecule has 2 nitrogen and oxygen atoms in total. The van der Waals surface area contributed by atoms with E-state index in [0.29, 0.717) is 5.02 Å². The lowest BCUT2D eigenvalue weighted by molar-refractivity contribution is 0.475. The Hall–Kier alpha value is -1.67. The average Bonchev–Trinajstić information content (AvgIpc) is 2.35. The van der Waals surface area contributed by atoms with E-state index in [9.17, 15) is 5.11 Å². The molecule has 2 rings (SSSR count). The summed E-state index contributed by atoms with van der Waals surface area (Å²) in [4.78, 5) is 0. The van der Waals surface area contributed by atoms with Crippen molar-refractivity contribution in [3.8, 4) is 5.75 Å². The molecule has 0 aromatic heterocycles. The molecule has 18 heavy (non-hydrogen) atoms. The van der Waals surface area contributed by atoms with Crippen LogP contribution in [0.15, 0.2) is 36.4 Å². The molecule has 3 heteroatoms. The smallest absolute Gasteiger partial charge is 0.134 e. The van der Waals surface area contributed by atoms with Crippen LogP contribution in [0.1, 0.15) is 16.7 Å². The zero-order valence-corrected chi connectivity index (χ0v) is 11.3. The van der Waals surface area contributed by atoms with E-state index < -0.39 is 0 Å². The van der Waals surface area contributed by atoms with E-state index in [1.54, 1.807) is 12.1 Å². The molecule has 0 radical (unpaired) electrons. The molecule has 0 saturated carbocycles. The minimum atomic E-state index is 0.106. The molecule has 0 bridgehead atoms. The van der Waals surface area contributed by atoms with Gasteiger partial charge in [0, 0.05) is 12.2 Å². The van der Waals surface area contributed by atoms with Gasteiger partial charge in [0.25, 0.3) is 0 Å². The SMILES string of the molecule is Cc1cccc(CNc2ccc(O)c(Cl)c2)c1C. The lowest BCUT2D eigenvalue weighted by atomic mass is 10.0. The van der Waals surface area contributed by atoms with Crippen molar-refractivity contribution in [3.63, 3.8) is 0 Å². The molecule has 0 saturated heterocycles. The fourth-order valence-corrected chi connectivity index (χ4v) is 2.00. The van der Waals surface area contributed by atoms with Gasteiger partial charge in [-0.25, -0.2) is 0 Å². The lowest BCUT2D eigenvalue weighted by Gasteiger charge is -2.11. The minimum absolute atomic E-state index is 0.106. The molecule has 2 N–H and O–H groups in total. The first-order valence-corrected chi connectivity index (χ1v) is 6.23. The zero-order valence-electron chi connectivity index (χ0n) is 10.5. The average molecular weight is 262 g/mol.